The minimum absolute atomic E-state index is 0.159. The fraction of sp³-hybridized carbons (Fsp3) is 0.929. The molecule has 0 aromatic carbocycles. The van der Waals surface area contributed by atoms with Crippen LogP contribution >= 0.6 is 0 Å². The Labute approximate surface area is 116 Å². The van der Waals surface area contributed by atoms with Crippen molar-refractivity contribution in [3.05, 3.63) is 0 Å². The normalized spacial score (nSPS) is 17.3. The van der Waals surface area contributed by atoms with Crippen molar-refractivity contribution in [3.63, 3.8) is 0 Å². The Kier molecular flexibility index (Phi) is 6.75. The Morgan fingerprint density at radius 3 is 2.53 bits per heavy atom. The van der Waals surface area contributed by atoms with E-state index < -0.39 is 0 Å². The topological polar surface area (TPSA) is 56.8 Å². The summed E-state index contributed by atoms with van der Waals surface area (Å²) in [7, 11) is 3.12. The van der Waals surface area contributed by atoms with Crippen molar-refractivity contribution >= 4 is 5.97 Å². The van der Waals surface area contributed by atoms with Gasteiger partial charge in [0.25, 0.3) is 0 Å². The van der Waals surface area contributed by atoms with Crippen LogP contribution in [0.4, 0.5) is 0 Å². The molecule has 0 aromatic heterocycles. The SMILES string of the molecule is COC(=O)C(CCOCCC(C)(C)OC)NC1CC1. The molecule has 1 rings (SSSR count). The van der Waals surface area contributed by atoms with Crippen molar-refractivity contribution in [2.45, 2.75) is 57.2 Å². The number of esters is 1. The van der Waals surface area contributed by atoms with Crippen molar-refractivity contribution in [1.82, 2.24) is 5.32 Å². The molecule has 1 aliphatic carbocycles. The van der Waals surface area contributed by atoms with Gasteiger partial charge in [-0.05, 0) is 39.5 Å². The molecular formula is C14H27NO4. The Hall–Kier alpha value is -0.650. The van der Waals surface area contributed by atoms with Crippen LogP contribution in [-0.2, 0) is 19.0 Å². The second kappa shape index (κ2) is 7.82. The summed E-state index contributed by atoms with van der Waals surface area (Å²) in [6.45, 7) is 5.25. The van der Waals surface area contributed by atoms with Crippen molar-refractivity contribution in [2.24, 2.45) is 0 Å². The predicted molar refractivity (Wildman–Crippen MR) is 73.1 cm³/mol. The van der Waals surface area contributed by atoms with Crippen LogP contribution in [0.5, 0.6) is 0 Å². The Balaban J connectivity index is 2.15. The van der Waals surface area contributed by atoms with Gasteiger partial charge in [0.05, 0.1) is 12.7 Å². The largest absolute Gasteiger partial charge is 0.468 e. The van der Waals surface area contributed by atoms with E-state index in [1.807, 2.05) is 13.8 Å². The average Bonchev–Trinajstić information content (AvgIpc) is 3.20. The summed E-state index contributed by atoms with van der Waals surface area (Å²) < 4.78 is 15.7. The molecule has 0 radical (unpaired) electrons. The van der Waals surface area contributed by atoms with E-state index in [1.54, 1.807) is 7.11 Å². The lowest BCUT2D eigenvalue weighted by Gasteiger charge is -2.22. The van der Waals surface area contributed by atoms with Crippen LogP contribution in [0, 0.1) is 0 Å². The van der Waals surface area contributed by atoms with Gasteiger partial charge in [0, 0.05) is 26.4 Å². The van der Waals surface area contributed by atoms with E-state index in [4.69, 9.17) is 14.2 Å². The van der Waals surface area contributed by atoms with Gasteiger partial charge < -0.3 is 19.5 Å². The predicted octanol–water partition coefficient (Wildman–Crippen LogP) is 1.50. The first kappa shape index (κ1) is 16.4. The maximum absolute atomic E-state index is 11.6. The first-order chi connectivity index (χ1) is 8.98. The van der Waals surface area contributed by atoms with Gasteiger partial charge in [-0.25, -0.2) is 0 Å². The molecule has 0 heterocycles. The standard InChI is InChI=1S/C14H27NO4/c1-14(2,18-4)8-10-19-9-7-12(13(16)17-3)15-11-5-6-11/h11-12,15H,5-10H2,1-4H3. The molecule has 1 unspecified atom stereocenters. The molecule has 0 aliphatic heterocycles. The van der Waals surface area contributed by atoms with E-state index in [2.05, 4.69) is 5.32 Å². The lowest BCUT2D eigenvalue weighted by atomic mass is 10.1. The number of hydrogen-bond acceptors (Lipinski definition) is 5. The number of hydrogen-bond donors (Lipinski definition) is 1. The zero-order valence-electron chi connectivity index (χ0n) is 12.5. The molecular weight excluding hydrogens is 246 g/mol. The van der Waals surface area contributed by atoms with Gasteiger partial charge in [-0.15, -0.1) is 0 Å². The molecule has 5 nitrogen and oxygen atoms in total. The maximum Gasteiger partial charge on any atom is 0.322 e. The molecule has 1 atom stereocenters. The maximum atomic E-state index is 11.6. The molecule has 112 valence electrons. The third kappa shape index (κ3) is 6.89. The second-order valence-corrected chi connectivity index (χ2v) is 5.63. The average molecular weight is 273 g/mol. The van der Waals surface area contributed by atoms with Gasteiger partial charge in [-0.1, -0.05) is 0 Å². The number of nitrogens with one attached hydrogen (secondary N) is 1. The number of rotatable bonds is 10. The minimum atomic E-state index is -0.243. The van der Waals surface area contributed by atoms with Gasteiger partial charge in [-0.3, -0.25) is 4.79 Å². The van der Waals surface area contributed by atoms with Crippen LogP contribution in [0.15, 0.2) is 0 Å². The summed E-state index contributed by atoms with van der Waals surface area (Å²) >= 11 is 0. The molecule has 0 spiro atoms. The van der Waals surface area contributed by atoms with E-state index in [1.165, 1.54) is 7.11 Å². The number of carbonyl (C=O) groups excluding carboxylic acids is 1. The van der Waals surface area contributed by atoms with Gasteiger partial charge in [0.2, 0.25) is 0 Å². The highest BCUT2D eigenvalue weighted by Crippen LogP contribution is 2.20. The lowest BCUT2D eigenvalue weighted by molar-refractivity contribution is -0.143. The summed E-state index contributed by atoms with van der Waals surface area (Å²) in [5.41, 5.74) is -0.159. The Morgan fingerprint density at radius 1 is 1.32 bits per heavy atom. The molecule has 1 fully saturated rings. The zero-order chi connectivity index (χ0) is 14.3. The first-order valence-corrected chi connectivity index (χ1v) is 6.95. The first-order valence-electron chi connectivity index (χ1n) is 6.95. The smallest absolute Gasteiger partial charge is 0.322 e. The second-order valence-electron chi connectivity index (χ2n) is 5.63. The van der Waals surface area contributed by atoms with E-state index in [0.717, 1.165) is 19.3 Å². The van der Waals surface area contributed by atoms with Crippen LogP contribution in [0.25, 0.3) is 0 Å². The van der Waals surface area contributed by atoms with E-state index >= 15 is 0 Å². The van der Waals surface area contributed by atoms with Crippen LogP contribution in [0.1, 0.15) is 39.5 Å². The highest BCUT2D eigenvalue weighted by molar-refractivity contribution is 5.75. The van der Waals surface area contributed by atoms with Crippen molar-refractivity contribution in [1.29, 1.82) is 0 Å². The molecule has 0 saturated heterocycles. The van der Waals surface area contributed by atoms with Crippen LogP contribution < -0.4 is 5.32 Å². The van der Waals surface area contributed by atoms with E-state index in [-0.39, 0.29) is 17.6 Å². The number of ether oxygens (including phenoxy) is 3. The third-order valence-electron chi connectivity index (χ3n) is 3.45. The Bertz CT molecular complexity index is 277. The summed E-state index contributed by atoms with van der Waals surface area (Å²) in [4.78, 5) is 11.6. The van der Waals surface area contributed by atoms with Gasteiger partial charge in [-0.2, -0.15) is 0 Å². The van der Waals surface area contributed by atoms with Gasteiger partial charge in [0.1, 0.15) is 6.04 Å². The molecule has 0 aromatic rings. The third-order valence-corrected chi connectivity index (χ3v) is 3.45. The quantitative estimate of drug-likeness (QED) is 0.483. The van der Waals surface area contributed by atoms with Crippen LogP contribution in [0.2, 0.25) is 0 Å². The summed E-state index contributed by atoms with van der Waals surface area (Å²) in [5, 5.41) is 3.28. The fourth-order valence-corrected chi connectivity index (χ4v) is 1.67. The molecule has 1 aliphatic rings. The highest BCUT2D eigenvalue weighted by Gasteiger charge is 2.28. The minimum Gasteiger partial charge on any atom is -0.468 e. The summed E-state index contributed by atoms with van der Waals surface area (Å²) in [6, 6.07) is 0.240. The van der Waals surface area contributed by atoms with Crippen molar-refractivity contribution < 1.29 is 19.0 Å². The monoisotopic (exact) mass is 273 g/mol. The molecule has 0 bridgehead atoms. The lowest BCUT2D eigenvalue weighted by Crippen LogP contribution is -2.40. The summed E-state index contributed by atoms with van der Waals surface area (Å²) in [5.74, 6) is -0.201. The molecule has 0 amide bonds. The van der Waals surface area contributed by atoms with E-state index in [9.17, 15) is 4.79 Å². The van der Waals surface area contributed by atoms with Crippen LogP contribution in [0.3, 0.4) is 0 Å². The summed E-state index contributed by atoms with van der Waals surface area (Å²) in [6.07, 6.45) is 3.78. The van der Waals surface area contributed by atoms with Gasteiger partial charge >= 0.3 is 5.97 Å². The molecule has 1 N–H and O–H groups in total. The molecule has 1 saturated carbocycles. The zero-order valence-corrected chi connectivity index (χ0v) is 12.5. The van der Waals surface area contributed by atoms with E-state index in [0.29, 0.717) is 25.7 Å². The molecule has 19 heavy (non-hydrogen) atoms. The van der Waals surface area contributed by atoms with Crippen molar-refractivity contribution in [2.75, 3.05) is 27.4 Å². The van der Waals surface area contributed by atoms with Crippen LogP contribution in [-0.4, -0.2) is 51.1 Å². The number of carbonyl (C=O) groups is 1. The fourth-order valence-electron chi connectivity index (χ4n) is 1.67. The Morgan fingerprint density at radius 2 is 2.00 bits per heavy atom. The molecule has 5 heteroatoms. The van der Waals surface area contributed by atoms with Gasteiger partial charge in [0.15, 0.2) is 0 Å². The number of methoxy groups -OCH3 is 2. The highest BCUT2D eigenvalue weighted by atomic mass is 16.5. The van der Waals surface area contributed by atoms with Crippen molar-refractivity contribution in [3.8, 4) is 0 Å².